The molecule has 1 aromatic rings. The predicted octanol–water partition coefficient (Wildman–Crippen LogP) is 2.45. The van der Waals surface area contributed by atoms with Crippen LogP contribution in [-0.4, -0.2) is 25.7 Å². The minimum Gasteiger partial charge on any atom is -0.316 e. The van der Waals surface area contributed by atoms with Crippen LogP contribution in [0.3, 0.4) is 0 Å². The summed E-state index contributed by atoms with van der Waals surface area (Å²) in [6.07, 6.45) is 6.58. The molecule has 0 aromatic heterocycles. The van der Waals surface area contributed by atoms with Gasteiger partial charge in [0.15, 0.2) is 0 Å². The first-order chi connectivity index (χ1) is 8.92. The van der Waals surface area contributed by atoms with Gasteiger partial charge in [0.1, 0.15) is 0 Å². The fourth-order valence-corrected chi connectivity index (χ4v) is 3.25. The van der Waals surface area contributed by atoms with Crippen molar-refractivity contribution in [1.82, 2.24) is 10.6 Å². The van der Waals surface area contributed by atoms with Crippen molar-refractivity contribution < 1.29 is 0 Å². The van der Waals surface area contributed by atoms with Gasteiger partial charge in [0, 0.05) is 12.6 Å². The molecule has 18 heavy (non-hydrogen) atoms. The molecule has 2 aliphatic rings. The third-order valence-corrected chi connectivity index (χ3v) is 4.41. The van der Waals surface area contributed by atoms with Crippen LogP contribution in [0, 0.1) is 0 Å². The van der Waals surface area contributed by atoms with Crippen LogP contribution < -0.4 is 10.6 Å². The lowest BCUT2D eigenvalue weighted by Gasteiger charge is -2.23. The van der Waals surface area contributed by atoms with Gasteiger partial charge in [-0.15, -0.1) is 0 Å². The molecule has 2 heteroatoms. The summed E-state index contributed by atoms with van der Waals surface area (Å²) in [6.45, 7) is 3.54. The molecule has 3 rings (SSSR count). The van der Waals surface area contributed by atoms with Gasteiger partial charge >= 0.3 is 0 Å². The van der Waals surface area contributed by atoms with Crippen molar-refractivity contribution in [2.75, 3.05) is 19.6 Å². The number of benzene rings is 1. The van der Waals surface area contributed by atoms with E-state index in [1.54, 1.807) is 0 Å². The first kappa shape index (κ1) is 12.2. The molecule has 0 aliphatic carbocycles. The molecule has 0 radical (unpaired) electrons. The van der Waals surface area contributed by atoms with Crippen molar-refractivity contribution in [3.05, 3.63) is 35.4 Å². The molecule has 2 heterocycles. The second-order valence-electron chi connectivity index (χ2n) is 5.78. The Bertz CT molecular complexity index is 359. The Morgan fingerprint density at radius 1 is 1.00 bits per heavy atom. The van der Waals surface area contributed by atoms with Crippen LogP contribution in [0.25, 0.3) is 0 Å². The molecule has 2 unspecified atom stereocenters. The van der Waals surface area contributed by atoms with Crippen LogP contribution in [-0.2, 0) is 6.42 Å². The van der Waals surface area contributed by atoms with E-state index in [0.717, 1.165) is 12.5 Å². The second kappa shape index (κ2) is 5.85. The number of hydrogen-bond acceptors (Lipinski definition) is 2. The fraction of sp³-hybridized carbons (Fsp3) is 0.625. The predicted molar refractivity (Wildman–Crippen MR) is 76.0 cm³/mol. The van der Waals surface area contributed by atoms with Crippen molar-refractivity contribution in [2.45, 2.75) is 44.1 Å². The Kier molecular flexibility index (Phi) is 3.96. The van der Waals surface area contributed by atoms with E-state index in [9.17, 15) is 0 Å². The van der Waals surface area contributed by atoms with E-state index >= 15 is 0 Å². The summed E-state index contributed by atoms with van der Waals surface area (Å²) in [4.78, 5) is 0. The first-order valence-corrected chi connectivity index (χ1v) is 7.45. The summed E-state index contributed by atoms with van der Waals surface area (Å²) < 4.78 is 0. The maximum absolute atomic E-state index is 3.63. The summed E-state index contributed by atoms with van der Waals surface area (Å²) in [5.74, 6) is 0.742. The maximum Gasteiger partial charge on any atom is 0.0107 e. The molecule has 2 nitrogen and oxygen atoms in total. The van der Waals surface area contributed by atoms with E-state index in [2.05, 4.69) is 34.9 Å². The van der Waals surface area contributed by atoms with Gasteiger partial charge in [-0.2, -0.15) is 0 Å². The average molecular weight is 244 g/mol. The molecule has 2 fully saturated rings. The van der Waals surface area contributed by atoms with E-state index in [-0.39, 0.29) is 0 Å². The number of rotatable bonds is 3. The molecule has 0 saturated carbocycles. The maximum atomic E-state index is 3.63. The van der Waals surface area contributed by atoms with E-state index < -0.39 is 0 Å². The minimum atomic E-state index is 0.706. The quantitative estimate of drug-likeness (QED) is 0.853. The summed E-state index contributed by atoms with van der Waals surface area (Å²) in [5, 5.41) is 7.07. The monoisotopic (exact) mass is 244 g/mol. The van der Waals surface area contributed by atoms with Crippen molar-refractivity contribution in [3.8, 4) is 0 Å². The highest BCUT2D eigenvalue weighted by atomic mass is 14.9. The number of piperidine rings is 1. The third kappa shape index (κ3) is 2.93. The lowest BCUT2D eigenvalue weighted by atomic mass is 9.94. The Hall–Kier alpha value is -0.860. The first-order valence-electron chi connectivity index (χ1n) is 7.45. The third-order valence-electron chi connectivity index (χ3n) is 4.41. The lowest BCUT2D eigenvalue weighted by Crippen LogP contribution is -2.35. The molecular formula is C16H24N2. The Morgan fingerprint density at radius 3 is 2.56 bits per heavy atom. The van der Waals surface area contributed by atoms with Gasteiger partial charge in [0.25, 0.3) is 0 Å². The van der Waals surface area contributed by atoms with Crippen LogP contribution in [0.5, 0.6) is 0 Å². The van der Waals surface area contributed by atoms with Gasteiger partial charge in [0.05, 0.1) is 0 Å². The summed E-state index contributed by atoms with van der Waals surface area (Å²) in [6, 6.07) is 10.1. The zero-order valence-electron chi connectivity index (χ0n) is 11.1. The standard InChI is InChI=1S/C16H24N2/c1-2-9-18-16(3-1)11-13-4-6-14(7-5-13)15-8-10-17-12-15/h4-7,15-18H,1-3,8-12H2. The van der Waals surface area contributed by atoms with Crippen molar-refractivity contribution in [1.29, 1.82) is 0 Å². The summed E-state index contributed by atoms with van der Waals surface area (Å²) in [5.41, 5.74) is 3.00. The van der Waals surface area contributed by atoms with Gasteiger partial charge in [0.2, 0.25) is 0 Å². The van der Waals surface area contributed by atoms with E-state index in [4.69, 9.17) is 0 Å². The van der Waals surface area contributed by atoms with E-state index in [1.165, 1.54) is 56.3 Å². The molecule has 2 saturated heterocycles. The Labute approximate surface area is 110 Å². The minimum absolute atomic E-state index is 0.706. The van der Waals surface area contributed by atoms with Crippen molar-refractivity contribution >= 4 is 0 Å². The highest BCUT2D eigenvalue weighted by molar-refractivity contribution is 5.27. The van der Waals surface area contributed by atoms with Gasteiger partial charge < -0.3 is 10.6 Å². The van der Waals surface area contributed by atoms with Gasteiger partial charge in [-0.25, -0.2) is 0 Å². The van der Waals surface area contributed by atoms with Gasteiger partial charge in [-0.05, 0) is 55.8 Å². The molecule has 2 atom stereocenters. The van der Waals surface area contributed by atoms with Gasteiger partial charge in [-0.3, -0.25) is 0 Å². The smallest absolute Gasteiger partial charge is 0.0107 e. The topological polar surface area (TPSA) is 24.1 Å². The molecule has 0 amide bonds. The average Bonchev–Trinajstić information content (AvgIpc) is 2.95. The zero-order chi connectivity index (χ0) is 12.2. The summed E-state index contributed by atoms with van der Waals surface area (Å²) >= 11 is 0. The van der Waals surface area contributed by atoms with Crippen LogP contribution in [0.15, 0.2) is 24.3 Å². The van der Waals surface area contributed by atoms with E-state index in [1.807, 2.05) is 0 Å². The number of hydrogen-bond donors (Lipinski definition) is 2. The fourth-order valence-electron chi connectivity index (χ4n) is 3.25. The second-order valence-corrected chi connectivity index (χ2v) is 5.78. The molecule has 98 valence electrons. The number of nitrogens with one attached hydrogen (secondary N) is 2. The van der Waals surface area contributed by atoms with Crippen LogP contribution in [0.4, 0.5) is 0 Å². The molecule has 1 aromatic carbocycles. The lowest BCUT2D eigenvalue weighted by molar-refractivity contribution is 0.399. The molecular weight excluding hydrogens is 220 g/mol. The van der Waals surface area contributed by atoms with Crippen molar-refractivity contribution in [2.24, 2.45) is 0 Å². The molecule has 0 bridgehead atoms. The Morgan fingerprint density at radius 2 is 1.89 bits per heavy atom. The summed E-state index contributed by atoms with van der Waals surface area (Å²) in [7, 11) is 0. The molecule has 2 N–H and O–H groups in total. The Balaban J connectivity index is 1.59. The molecule has 2 aliphatic heterocycles. The largest absolute Gasteiger partial charge is 0.316 e. The van der Waals surface area contributed by atoms with Gasteiger partial charge in [-0.1, -0.05) is 30.7 Å². The van der Waals surface area contributed by atoms with E-state index in [0.29, 0.717) is 6.04 Å². The highest BCUT2D eigenvalue weighted by Gasteiger charge is 2.17. The van der Waals surface area contributed by atoms with Crippen LogP contribution in [0.1, 0.15) is 42.7 Å². The molecule has 0 spiro atoms. The highest BCUT2D eigenvalue weighted by Crippen LogP contribution is 2.23. The SMILES string of the molecule is c1cc(C2CCNC2)ccc1CC1CCCCN1. The van der Waals surface area contributed by atoms with Crippen molar-refractivity contribution in [3.63, 3.8) is 0 Å². The zero-order valence-corrected chi connectivity index (χ0v) is 11.1. The van der Waals surface area contributed by atoms with Crippen LogP contribution in [0.2, 0.25) is 0 Å². The normalized spacial score (nSPS) is 28.4. The van der Waals surface area contributed by atoms with Crippen LogP contribution >= 0.6 is 0 Å².